The maximum Gasteiger partial charge on any atom is 0.311 e. The Morgan fingerprint density at radius 1 is 1.24 bits per heavy atom. The monoisotopic (exact) mass is 457 g/mol. The van der Waals surface area contributed by atoms with E-state index in [2.05, 4.69) is 26.5 Å². The second-order valence-corrected chi connectivity index (χ2v) is 6.93. The summed E-state index contributed by atoms with van der Waals surface area (Å²) in [5.74, 6) is 0.583. The molecule has 3 rings (SSSR count). The van der Waals surface area contributed by atoms with Crippen molar-refractivity contribution in [3.63, 3.8) is 0 Å². The lowest BCUT2D eigenvalue weighted by molar-refractivity contribution is -0.385. The van der Waals surface area contributed by atoms with Gasteiger partial charge in [0.15, 0.2) is 12.4 Å². The minimum absolute atomic E-state index is 0.0184. The van der Waals surface area contributed by atoms with Gasteiger partial charge < -0.3 is 9.15 Å². The number of nitro benzene ring substituents is 1. The number of nitro groups is 1. The molecule has 9 heteroatoms. The number of hydrogen-bond acceptors (Lipinski definition) is 6. The zero-order valence-corrected chi connectivity index (χ0v) is 16.9. The van der Waals surface area contributed by atoms with Crippen molar-refractivity contribution in [2.75, 3.05) is 6.61 Å². The number of nitrogens with one attached hydrogen (secondary N) is 1. The summed E-state index contributed by atoms with van der Waals surface area (Å²) in [4.78, 5) is 22.4. The first-order valence-corrected chi connectivity index (χ1v) is 9.27. The van der Waals surface area contributed by atoms with E-state index in [-0.39, 0.29) is 11.4 Å². The molecule has 0 aliphatic carbocycles. The lowest BCUT2D eigenvalue weighted by Crippen LogP contribution is -2.24. The first-order valence-electron chi connectivity index (χ1n) is 8.48. The number of aryl methyl sites for hydroxylation is 1. The summed E-state index contributed by atoms with van der Waals surface area (Å²) in [5, 5.41) is 14.9. The third kappa shape index (κ3) is 5.52. The van der Waals surface area contributed by atoms with Crippen LogP contribution in [0.15, 0.2) is 68.6 Å². The molecule has 0 atom stereocenters. The number of carbonyl (C=O) groups excluding carboxylic acids is 1. The summed E-state index contributed by atoms with van der Waals surface area (Å²) in [6.45, 7) is 1.32. The molecular formula is C20H16BrN3O5. The van der Waals surface area contributed by atoms with Crippen molar-refractivity contribution in [2.45, 2.75) is 6.92 Å². The first-order chi connectivity index (χ1) is 13.9. The summed E-state index contributed by atoms with van der Waals surface area (Å²) < 4.78 is 11.9. The lowest BCUT2D eigenvalue weighted by Gasteiger charge is -2.06. The van der Waals surface area contributed by atoms with Crippen LogP contribution in [-0.2, 0) is 4.79 Å². The van der Waals surface area contributed by atoms with E-state index in [1.54, 1.807) is 25.1 Å². The Hall–Kier alpha value is -3.46. The molecule has 2 aromatic carbocycles. The van der Waals surface area contributed by atoms with Crippen molar-refractivity contribution in [1.82, 2.24) is 5.43 Å². The van der Waals surface area contributed by atoms with Gasteiger partial charge >= 0.3 is 5.69 Å². The van der Waals surface area contributed by atoms with Crippen LogP contribution in [0.1, 0.15) is 11.3 Å². The third-order valence-corrected chi connectivity index (χ3v) is 4.34. The maximum atomic E-state index is 11.9. The first kappa shape index (κ1) is 20.3. The molecule has 29 heavy (non-hydrogen) atoms. The highest BCUT2D eigenvalue weighted by molar-refractivity contribution is 9.10. The normalized spacial score (nSPS) is 10.8. The van der Waals surface area contributed by atoms with Crippen LogP contribution in [0.5, 0.6) is 5.75 Å². The minimum atomic E-state index is -0.559. The Morgan fingerprint density at radius 2 is 2.00 bits per heavy atom. The Morgan fingerprint density at radius 3 is 2.72 bits per heavy atom. The van der Waals surface area contributed by atoms with Crippen molar-refractivity contribution in [2.24, 2.45) is 5.10 Å². The molecule has 0 spiro atoms. The zero-order chi connectivity index (χ0) is 20.8. The molecule has 0 radical (unpaired) electrons. The molecule has 0 saturated heterocycles. The van der Waals surface area contributed by atoms with Crippen LogP contribution in [0, 0.1) is 17.0 Å². The molecule has 3 aromatic rings. The average Bonchev–Trinajstić information content (AvgIpc) is 3.16. The van der Waals surface area contributed by atoms with Gasteiger partial charge in [0.25, 0.3) is 5.91 Å². The van der Waals surface area contributed by atoms with Crippen LogP contribution in [0.2, 0.25) is 0 Å². The Bertz CT molecular complexity index is 1060. The summed E-state index contributed by atoms with van der Waals surface area (Å²) in [5.41, 5.74) is 3.72. The lowest BCUT2D eigenvalue weighted by atomic mass is 10.2. The number of amides is 1. The van der Waals surface area contributed by atoms with Crippen molar-refractivity contribution in [3.8, 4) is 17.1 Å². The van der Waals surface area contributed by atoms with Gasteiger partial charge in [-0.1, -0.05) is 34.1 Å². The van der Waals surface area contributed by atoms with Crippen LogP contribution in [0.25, 0.3) is 11.3 Å². The van der Waals surface area contributed by atoms with E-state index in [9.17, 15) is 14.9 Å². The average molecular weight is 458 g/mol. The SMILES string of the molecule is Cc1ccc(OCC(=O)N/N=C/c2ccc(-c3ccc(Br)cc3)o2)c([N+](=O)[O-])c1. The molecule has 0 fully saturated rings. The summed E-state index contributed by atoms with van der Waals surface area (Å²) >= 11 is 3.38. The smallest absolute Gasteiger partial charge is 0.311 e. The topological polar surface area (TPSA) is 107 Å². The van der Waals surface area contributed by atoms with Crippen molar-refractivity contribution in [1.29, 1.82) is 0 Å². The molecule has 0 unspecified atom stereocenters. The van der Waals surface area contributed by atoms with E-state index in [4.69, 9.17) is 9.15 Å². The molecule has 0 bridgehead atoms. The van der Waals surface area contributed by atoms with Gasteiger partial charge in [-0.3, -0.25) is 14.9 Å². The predicted octanol–water partition coefficient (Wildman–Crippen LogP) is 4.45. The van der Waals surface area contributed by atoms with Crippen LogP contribution in [-0.4, -0.2) is 23.7 Å². The third-order valence-electron chi connectivity index (χ3n) is 3.81. The van der Waals surface area contributed by atoms with E-state index >= 15 is 0 Å². The fraction of sp³-hybridized carbons (Fsp3) is 0.100. The number of carbonyl (C=O) groups is 1. The number of benzene rings is 2. The number of ether oxygens (including phenoxy) is 1. The van der Waals surface area contributed by atoms with Gasteiger partial charge in [-0.2, -0.15) is 5.10 Å². The van der Waals surface area contributed by atoms with E-state index in [1.165, 1.54) is 18.3 Å². The minimum Gasteiger partial charge on any atom is -0.477 e. The fourth-order valence-corrected chi connectivity index (χ4v) is 2.69. The molecule has 0 aliphatic rings. The summed E-state index contributed by atoms with van der Waals surface area (Å²) in [6, 6.07) is 15.7. The van der Waals surface area contributed by atoms with Gasteiger partial charge in [0, 0.05) is 16.1 Å². The highest BCUT2D eigenvalue weighted by Gasteiger charge is 2.16. The van der Waals surface area contributed by atoms with Crippen molar-refractivity contribution >= 4 is 33.7 Å². The van der Waals surface area contributed by atoms with Crippen molar-refractivity contribution in [3.05, 3.63) is 80.5 Å². The highest BCUT2D eigenvalue weighted by Crippen LogP contribution is 2.27. The Labute approximate surface area is 174 Å². The molecule has 8 nitrogen and oxygen atoms in total. The number of hydrazone groups is 1. The number of hydrogen-bond donors (Lipinski definition) is 1. The van der Waals surface area contributed by atoms with Crippen LogP contribution in [0.3, 0.4) is 0 Å². The highest BCUT2D eigenvalue weighted by atomic mass is 79.9. The van der Waals surface area contributed by atoms with Gasteiger partial charge in [-0.05, 0) is 42.8 Å². The Balaban J connectivity index is 1.54. The van der Waals surface area contributed by atoms with E-state index < -0.39 is 17.4 Å². The molecular weight excluding hydrogens is 442 g/mol. The second-order valence-electron chi connectivity index (χ2n) is 6.02. The van der Waals surface area contributed by atoms with Crippen molar-refractivity contribution < 1.29 is 18.9 Å². The van der Waals surface area contributed by atoms with E-state index in [1.807, 2.05) is 24.3 Å². The zero-order valence-electron chi connectivity index (χ0n) is 15.3. The molecule has 1 amide bonds. The second kappa shape index (κ2) is 9.16. The van der Waals surface area contributed by atoms with Gasteiger partial charge in [0.1, 0.15) is 11.5 Å². The largest absolute Gasteiger partial charge is 0.477 e. The van der Waals surface area contributed by atoms with Gasteiger partial charge in [0.2, 0.25) is 0 Å². The number of nitrogens with zero attached hydrogens (tertiary/aromatic N) is 2. The molecule has 1 aromatic heterocycles. The Kier molecular flexibility index (Phi) is 6.40. The number of furan rings is 1. The van der Waals surface area contributed by atoms with Gasteiger partial charge in [-0.25, -0.2) is 5.43 Å². The standard InChI is InChI=1S/C20H16BrN3O5/c1-13-2-8-19(17(10-13)24(26)27)28-12-20(25)23-22-11-16-7-9-18(29-16)14-3-5-15(21)6-4-14/h2-11H,12H2,1H3,(H,23,25)/b22-11+. The number of rotatable bonds is 7. The van der Waals surface area contributed by atoms with Crippen LogP contribution < -0.4 is 10.2 Å². The van der Waals surface area contributed by atoms with Gasteiger partial charge in [0.05, 0.1) is 11.1 Å². The summed E-state index contributed by atoms with van der Waals surface area (Å²) in [6.07, 6.45) is 1.36. The number of halogens is 1. The molecule has 148 valence electrons. The molecule has 1 N–H and O–H groups in total. The summed E-state index contributed by atoms with van der Waals surface area (Å²) in [7, 11) is 0. The van der Waals surface area contributed by atoms with E-state index in [0.717, 1.165) is 15.6 Å². The van der Waals surface area contributed by atoms with Gasteiger partial charge in [-0.15, -0.1) is 0 Å². The molecule has 0 aliphatic heterocycles. The molecule has 0 saturated carbocycles. The van der Waals surface area contributed by atoms with Crippen LogP contribution in [0.4, 0.5) is 5.69 Å². The maximum absolute atomic E-state index is 11.9. The van der Waals surface area contributed by atoms with Crippen LogP contribution >= 0.6 is 15.9 Å². The molecule has 1 heterocycles. The fourth-order valence-electron chi connectivity index (χ4n) is 2.43. The van der Waals surface area contributed by atoms with E-state index in [0.29, 0.717) is 11.5 Å². The quantitative estimate of drug-likeness (QED) is 0.320. The predicted molar refractivity (Wildman–Crippen MR) is 111 cm³/mol.